The van der Waals surface area contributed by atoms with E-state index >= 15 is 0 Å². The highest BCUT2D eigenvalue weighted by molar-refractivity contribution is 6.00. The summed E-state index contributed by atoms with van der Waals surface area (Å²) in [5.41, 5.74) is 1.45. The van der Waals surface area contributed by atoms with Gasteiger partial charge in [-0.2, -0.15) is 0 Å². The molecule has 2 amide bonds. The Hall–Kier alpha value is -2.76. The number of benzene rings is 1. The molecule has 0 bridgehead atoms. The van der Waals surface area contributed by atoms with Crippen LogP contribution in [0.5, 0.6) is 0 Å². The van der Waals surface area contributed by atoms with E-state index in [4.69, 9.17) is 9.15 Å². The zero-order chi connectivity index (χ0) is 16.7. The van der Waals surface area contributed by atoms with Gasteiger partial charge in [0, 0.05) is 25.2 Å². The number of cyclic esters (lactones) is 1. The number of rotatable bonds is 2. The molecule has 2 aliphatic heterocycles. The molecule has 0 unspecified atom stereocenters. The van der Waals surface area contributed by atoms with Crippen molar-refractivity contribution >= 4 is 12.0 Å². The molecule has 0 saturated carbocycles. The summed E-state index contributed by atoms with van der Waals surface area (Å²) in [6.45, 7) is 3.68. The first-order valence-electron chi connectivity index (χ1n) is 8.02. The van der Waals surface area contributed by atoms with E-state index in [1.165, 1.54) is 0 Å². The Bertz CT molecular complexity index is 784. The quantitative estimate of drug-likeness (QED) is 0.851. The molecule has 0 spiro atoms. The van der Waals surface area contributed by atoms with Crippen LogP contribution in [0.4, 0.5) is 4.79 Å². The SMILES string of the molecule is Cc1cc(C(=O)N2CCN3C(=O)OC[C@@H]3C2)c(-c2ccccc2)o1. The molecule has 2 fully saturated rings. The lowest BCUT2D eigenvalue weighted by Crippen LogP contribution is -2.53. The van der Waals surface area contributed by atoms with Crippen molar-refractivity contribution in [2.24, 2.45) is 0 Å². The lowest BCUT2D eigenvalue weighted by molar-refractivity contribution is 0.0617. The highest BCUT2D eigenvalue weighted by Gasteiger charge is 2.39. The van der Waals surface area contributed by atoms with E-state index in [0.29, 0.717) is 43.3 Å². The van der Waals surface area contributed by atoms with Crippen LogP contribution in [0.3, 0.4) is 0 Å². The van der Waals surface area contributed by atoms with E-state index in [1.807, 2.05) is 37.3 Å². The highest BCUT2D eigenvalue weighted by Crippen LogP contribution is 2.29. The Kier molecular flexibility index (Phi) is 3.52. The molecule has 1 atom stereocenters. The number of hydrogen-bond donors (Lipinski definition) is 0. The number of amides is 2. The van der Waals surface area contributed by atoms with Crippen molar-refractivity contribution in [1.82, 2.24) is 9.80 Å². The molecule has 1 aromatic heterocycles. The molecule has 4 rings (SSSR count). The Morgan fingerprint density at radius 3 is 2.79 bits per heavy atom. The number of furan rings is 1. The van der Waals surface area contributed by atoms with Gasteiger partial charge in [-0.15, -0.1) is 0 Å². The molecule has 2 saturated heterocycles. The smallest absolute Gasteiger partial charge is 0.410 e. The van der Waals surface area contributed by atoms with Crippen LogP contribution in [0.1, 0.15) is 16.1 Å². The lowest BCUT2D eigenvalue weighted by atomic mass is 10.1. The highest BCUT2D eigenvalue weighted by atomic mass is 16.6. The summed E-state index contributed by atoms with van der Waals surface area (Å²) in [5.74, 6) is 1.24. The minimum Gasteiger partial charge on any atom is -0.461 e. The average molecular weight is 326 g/mol. The number of fused-ring (bicyclic) bond motifs is 1. The minimum atomic E-state index is -0.281. The zero-order valence-corrected chi connectivity index (χ0v) is 13.4. The fraction of sp³-hybridized carbons (Fsp3) is 0.333. The van der Waals surface area contributed by atoms with E-state index in [-0.39, 0.29) is 18.0 Å². The third-order valence-corrected chi connectivity index (χ3v) is 4.53. The van der Waals surface area contributed by atoms with Crippen LogP contribution in [-0.2, 0) is 4.74 Å². The first-order valence-corrected chi connectivity index (χ1v) is 8.02. The van der Waals surface area contributed by atoms with Gasteiger partial charge >= 0.3 is 6.09 Å². The standard InChI is InChI=1S/C18H18N2O4/c1-12-9-15(16(24-12)13-5-3-2-4-6-13)17(21)19-7-8-20-14(10-19)11-23-18(20)22/h2-6,9,14H,7-8,10-11H2,1H3/t14-/m0/s1. The molecule has 124 valence electrons. The van der Waals surface area contributed by atoms with Gasteiger partial charge in [-0.3, -0.25) is 9.69 Å². The van der Waals surface area contributed by atoms with Crippen LogP contribution in [0.15, 0.2) is 40.8 Å². The van der Waals surface area contributed by atoms with Crippen molar-refractivity contribution in [3.8, 4) is 11.3 Å². The predicted molar refractivity (Wildman–Crippen MR) is 86.6 cm³/mol. The van der Waals surface area contributed by atoms with Crippen molar-refractivity contribution in [2.75, 3.05) is 26.2 Å². The number of hydrogen-bond acceptors (Lipinski definition) is 4. The monoisotopic (exact) mass is 326 g/mol. The van der Waals surface area contributed by atoms with E-state index < -0.39 is 0 Å². The number of piperazine rings is 1. The molecule has 1 aromatic carbocycles. The Balaban J connectivity index is 1.61. The van der Waals surface area contributed by atoms with Gasteiger partial charge in [0.15, 0.2) is 0 Å². The summed E-state index contributed by atoms with van der Waals surface area (Å²) in [6.07, 6.45) is -0.281. The molecular weight excluding hydrogens is 308 g/mol. The molecule has 2 aromatic rings. The maximum absolute atomic E-state index is 13.0. The maximum atomic E-state index is 13.0. The Morgan fingerprint density at radius 2 is 2.00 bits per heavy atom. The van der Waals surface area contributed by atoms with Crippen molar-refractivity contribution in [2.45, 2.75) is 13.0 Å². The first-order chi connectivity index (χ1) is 11.6. The summed E-state index contributed by atoms with van der Waals surface area (Å²) in [5, 5.41) is 0. The van der Waals surface area contributed by atoms with Crippen molar-refractivity contribution in [3.05, 3.63) is 47.7 Å². The first kappa shape index (κ1) is 14.8. The van der Waals surface area contributed by atoms with E-state index in [0.717, 1.165) is 5.56 Å². The number of aryl methyl sites for hydroxylation is 1. The molecular formula is C18H18N2O4. The number of ether oxygens (including phenoxy) is 1. The predicted octanol–water partition coefficient (Wildman–Crippen LogP) is 2.53. The van der Waals surface area contributed by atoms with Crippen molar-refractivity contribution in [1.29, 1.82) is 0 Å². The molecule has 3 heterocycles. The van der Waals surface area contributed by atoms with Crippen LogP contribution in [0.25, 0.3) is 11.3 Å². The van der Waals surface area contributed by atoms with Gasteiger partial charge in [-0.05, 0) is 13.0 Å². The summed E-state index contributed by atoms with van der Waals surface area (Å²) in [6, 6.07) is 11.4. The molecule has 0 radical (unpaired) electrons. The van der Waals surface area contributed by atoms with Crippen LogP contribution in [-0.4, -0.2) is 54.1 Å². The summed E-state index contributed by atoms with van der Waals surface area (Å²) in [7, 11) is 0. The second-order valence-corrected chi connectivity index (χ2v) is 6.14. The second kappa shape index (κ2) is 5.70. The van der Waals surface area contributed by atoms with Gasteiger partial charge in [0.2, 0.25) is 0 Å². The van der Waals surface area contributed by atoms with Crippen LogP contribution >= 0.6 is 0 Å². The molecule has 6 nitrogen and oxygen atoms in total. The van der Waals surface area contributed by atoms with Crippen LogP contribution in [0, 0.1) is 6.92 Å². The molecule has 6 heteroatoms. The average Bonchev–Trinajstić information content (AvgIpc) is 3.18. The maximum Gasteiger partial charge on any atom is 0.410 e. The molecule has 24 heavy (non-hydrogen) atoms. The van der Waals surface area contributed by atoms with E-state index in [9.17, 15) is 9.59 Å². The fourth-order valence-electron chi connectivity index (χ4n) is 3.32. The molecule has 0 aliphatic carbocycles. The van der Waals surface area contributed by atoms with Gasteiger partial charge in [-0.1, -0.05) is 30.3 Å². The van der Waals surface area contributed by atoms with Gasteiger partial charge in [0.25, 0.3) is 5.91 Å². The third kappa shape index (κ3) is 2.44. The fourth-order valence-corrected chi connectivity index (χ4v) is 3.32. The normalized spacial score (nSPS) is 20.0. The van der Waals surface area contributed by atoms with Crippen LogP contribution in [0.2, 0.25) is 0 Å². The largest absolute Gasteiger partial charge is 0.461 e. The van der Waals surface area contributed by atoms with E-state index in [2.05, 4.69) is 0 Å². The second-order valence-electron chi connectivity index (χ2n) is 6.14. The van der Waals surface area contributed by atoms with Crippen molar-refractivity contribution < 1.29 is 18.7 Å². The summed E-state index contributed by atoms with van der Waals surface area (Å²) < 4.78 is 10.8. The van der Waals surface area contributed by atoms with Crippen LogP contribution < -0.4 is 0 Å². The molecule has 0 N–H and O–H groups in total. The van der Waals surface area contributed by atoms with Gasteiger partial charge in [0.05, 0.1) is 11.6 Å². The number of carbonyl (C=O) groups excluding carboxylic acids is 2. The Labute approximate surface area is 139 Å². The summed E-state index contributed by atoms with van der Waals surface area (Å²) in [4.78, 5) is 28.1. The number of nitrogens with zero attached hydrogens (tertiary/aromatic N) is 2. The van der Waals surface area contributed by atoms with Crippen molar-refractivity contribution in [3.63, 3.8) is 0 Å². The zero-order valence-electron chi connectivity index (χ0n) is 13.4. The third-order valence-electron chi connectivity index (χ3n) is 4.53. The lowest BCUT2D eigenvalue weighted by Gasteiger charge is -2.35. The topological polar surface area (TPSA) is 63.0 Å². The minimum absolute atomic E-state index is 0.0524. The van der Waals surface area contributed by atoms with E-state index in [1.54, 1.807) is 15.9 Å². The molecule has 2 aliphatic rings. The summed E-state index contributed by atoms with van der Waals surface area (Å²) >= 11 is 0. The van der Waals surface area contributed by atoms with Gasteiger partial charge < -0.3 is 14.1 Å². The van der Waals surface area contributed by atoms with Gasteiger partial charge in [0.1, 0.15) is 18.1 Å². The Morgan fingerprint density at radius 1 is 1.21 bits per heavy atom. The number of carbonyl (C=O) groups is 2. The van der Waals surface area contributed by atoms with Gasteiger partial charge in [-0.25, -0.2) is 4.79 Å².